The molecular formula is C106H91BN4. The van der Waals surface area contributed by atoms with Crippen LogP contribution < -0.4 is 26.2 Å². The molecule has 4 heterocycles. The van der Waals surface area contributed by atoms with Crippen molar-refractivity contribution in [3.05, 3.63) is 355 Å². The van der Waals surface area contributed by atoms with E-state index in [1.54, 1.807) is 0 Å². The van der Waals surface area contributed by atoms with Crippen molar-refractivity contribution < 1.29 is 28.8 Å². The second-order valence-corrected chi connectivity index (χ2v) is 33.3. The van der Waals surface area contributed by atoms with Crippen LogP contribution in [0.1, 0.15) is 134 Å². The van der Waals surface area contributed by atoms with Crippen LogP contribution in [0.3, 0.4) is 0 Å². The lowest BCUT2D eigenvalue weighted by molar-refractivity contribution is 0.590. The van der Waals surface area contributed by atoms with E-state index in [1.165, 1.54) is 4.57 Å². The third kappa shape index (κ3) is 11.6. The topological polar surface area (TPSA) is 16.3 Å². The summed E-state index contributed by atoms with van der Waals surface area (Å²) in [7, 11) is 0. The van der Waals surface area contributed by atoms with Crippen molar-refractivity contribution in [3.8, 4) is 78.1 Å². The molecule has 0 amide bonds. The molecule has 17 aromatic rings. The Balaban J connectivity index is 1.12. The fourth-order valence-electron chi connectivity index (χ4n) is 16.4. The standard InChI is InChI=1S/C106H91BN4/c1-103(2,3)76-59-85(70-39-21-15-22-40-70)101(87(61-76)74-45-33-43-72(57-74)68-35-17-13-18-36-68)110-95-66-79(108-91-51-29-25-47-81(91)82-48-26-30-52-92(82)108)55-56-90(95)107-99-89(106(10,11)12)65-80(109-93-53-31-27-49-83(93)84-50-28-32-54-94(84)109)67-98(99)111(97-64-78(105(7,8)9)63-96(110)100(97)107)102-86(71-41-23-16-24-42-71)60-77(104(4,5)6)62-88(102)75-46-34-44-73(58-75)69-37-19-14-20-38-69/h13-67H,1-12H3/i25D,26D,27D,28D,29D,30D,31D,32D,47D,48D,49D,50D,51D,52D,53D,54D,55D,56D,65D,66D,67D. The summed E-state index contributed by atoms with van der Waals surface area (Å²) in [5, 5.41) is -1.25. The van der Waals surface area contributed by atoms with Crippen molar-refractivity contribution in [1.82, 2.24) is 9.13 Å². The second-order valence-electron chi connectivity index (χ2n) is 33.3. The van der Waals surface area contributed by atoms with Gasteiger partial charge in [-0.25, -0.2) is 0 Å². The Hall–Kier alpha value is -12.4. The van der Waals surface area contributed by atoms with Crippen molar-refractivity contribution in [2.75, 3.05) is 9.80 Å². The van der Waals surface area contributed by atoms with Gasteiger partial charge < -0.3 is 18.9 Å². The minimum atomic E-state index is -1.52. The smallest absolute Gasteiger partial charge is 0.252 e. The van der Waals surface area contributed by atoms with Gasteiger partial charge in [0.2, 0.25) is 0 Å². The van der Waals surface area contributed by atoms with Crippen LogP contribution in [0, 0.1) is 0 Å². The van der Waals surface area contributed by atoms with Crippen molar-refractivity contribution in [1.29, 1.82) is 0 Å². The van der Waals surface area contributed by atoms with Crippen LogP contribution >= 0.6 is 0 Å². The average Bonchev–Trinajstić information content (AvgIpc) is 0.854. The van der Waals surface area contributed by atoms with Crippen molar-refractivity contribution >= 4 is 101 Å². The molecule has 0 spiro atoms. The molecule has 0 unspecified atom stereocenters. The number of anilines is 6. The molecule has 2 aliphatic rings. The highest BCUT2D eigenvalue weighted by molar-refractivity contribution is 7.00. The van der Waals surface area contributed by atoms with E-state index in [-0.39, 0.29) is 66.1 Å². The van der Waals surface area contributed by atoms with E-state index in [0.717, 1.165) is 43.5 Å². The molecule has 2 aromatic heterocycles. The van der Waals surface area contributed by atoms with Gasteiger partial charge in [0.1, 0.15) is 0 Å². The van der Waals surface area contributed by atoms with Crippen LogP contribution in [-0.2, 0) is 21.7 Å². The SMILES string of the molecule is [2H]c1c([2H])c(-n2c3c([2H])c([2H])c([2H])c([2H])c3c3c([2H])c([2H])c([2H])c([2H])c32)c([2H])c2c1B1c3c(cc(C(C)(C)C)cc3N(c3c(-c4ccccc4)cc(C(C)(C)C)cc3-c3cccc(-c4ccccc4)c3)c3c([2H])c(-n4c5c([2H])c([2H])c([2H])c([2H])c5c5c([2H])c([2H])c([2H])c([2H])c54)c([2H])c(C(C)(C)C)c31)N2c1c(-c2ccccc2)cc(C(C)(C)C)cc1-c1cccc(-c2ccccc2)c1. The van der Waals surface area contributed by atoms with Crippen molar-refractivity contribution in [2.45, 2.75) is 105 Å². The fraction of sp³-hybridized carbons (Fsp3) is 0.151. The predicted molar refractivity (Wildman–Crippen MR) is 477 cm³/mol. The van der Waals surface area contributed by atoms with Crippen LogP contribution in [0.15, 0.2) is 333 Å². The molecule has 0 N–H and O–H groups in total. The molecule has 15 aromatic carbocycles. The largest absolute Gasteiger partial charge is 0.310 e. The number of nitrogens with zero attached hydrogens (tertiary/aromatic N) is 4. The number of hydrogen-bond donors (Lipinski definition) is 0. The van der Waals surface area contributed by atoms with Gasteiger partial charge in [0.25, 0.3) is 6.71 Å². The molecule has 0 bridgehead atoms. The van der Waals surface area contributed by atoms with Crippen LogP contribution in [0.4, 0.5) is 34.1 Å². The Labute approximate surface area is 683 Å². The van der Waals surface area contributed by atoms with Gasteiger partial charge in [-0.3, -0.25) is 0 Å². The molecule has 0 atom stereocenters. The first-order valence-corrected chi connectivity index (χ1v) is 37.8. The first kappa shape index (κ1) is 49.6. The zero-order chi connectivity index (χ0) is 94.3. The Bertz CT molecular complexity index is 7710. The minimum Gasteiger partial charge on any atom is -0.310 e. The van der Waals surface area contributed by atoms with Gasteiger partial charge in [0, 0.05) is 77.9 Å². The molecule has 0 saturated carbocycles. The second kappa shape index (κ2) is 26.1. The molecule has 0 radical (unpaired) electrons. The Kier molecular flexibility index (Phi) is 11.7. The number of fused-ring (bicyclic) bond motifs is 10. The van der Waals surface area contributed by atoms with Gasteiger partial charge in [-0.1, -0.05) is 319 Å². The van der Waals surface area contributed by atoms with Gasteiger partial charge in [-0.2, -0.15) is 0 Å². The highest BCUT2D eigenvalue weighted by Crippen LogP contribution is 2.57. The Morgan fingerprint density at radius 1 is 0.270 bits per heavy atom. The van der Waals surface area contributed by atoms with E-state index < -0.39 is 172 Å². The van der Waals surface area contributed by atoms with Crippen LogP contribution in [0.25, 0.3) is 122 Å². The first-order valence-electron chi connectivity index (χ1n) is 48.3. The monoisotopic (exact) mass is 1450 g/mol. The predicted octanol–water partition coefficient (Wildman–Crippen LogP) is 27.2. The third-order valence-electron chi connectivity index (χ3n) is 22.0. The number of benzene rings is 15. The van der Waals surface area contributed by atoms with Crippen LogP contribution in [-0.4, -0.2) is 15.8 Å². The molecule has 5 heteroatoms. The van der Waals surface area contributed by atoms with E-state index in [0.29, 0.717) is 72.7 Å². The number of para-hydroxylation sites is 4. The molecule has 0 fully saturated rings. The molecule has 0 saturated heterocycles. The maximum absolute atomic E-state index is 12.2. The highest BCUT2D eigenvalue weighted by Gasteiger charge is 2.49. The zero-order valence-electron chi connectivity index (χ0n) is 85.0. The molecule has 2 aliphatic heterocycles. The molecule has 538 valence electrons. The average molecular weight is 1450 g/mol. The normalized spacial score (nSPS) is 15.6. The number of hydrogen-bond acceptors (Lipinski definition) is 2. The summed E-state index contributed by atoms with van der Waals surface area (Å²) in [5.41, 5.74) is 7.81. The summed E-state index contributed by atoms with van der Waals surface area (Å²) in [6.45, 7) is 23.1. The lowest BCUT2D eigenvalue weighted by atomic mass is 9.32. The number of aromatic nitrogens is 2. The molecular weight excluding hydrogens is 1340 g/mol. The maximum Gasteiger partial charge on any atom is 0.252 e. The molecule has 0 aliphatic carbocycles. The highest BCUT2D eigenvalue weighted by atomic mass is 15.2. The van der Waals surface area contributed by atoms with E-state index in [1.807, 2.05) is 183 Å². The van der Waals surface area contributed by atoms with Gasteiger partial charge in [0.15, 0.2) is 0 Å². The van der Waals surface area contributed by atoms with Crippen molar-refractivity contribution in [2.24, 2.45) is 0 Å². The van der Waals surface area contributed by atoms with E-state index >= 15 is 0 Å². The Morgan fingerprint density at radius 3 is 1.00 bits per heavy atom. The van der Waals surface area contributed by atoms with Gasteiger partial charge >= 0.3 is 0 Å². The van der Waals surface area contributed by atoms with Crippen LogP contribution in [0.2, 0.25) is 0 Å². The van der Waals surface area contributed by atoms with Crippen molar-refractivity contribution in [3.63, 3.8) is 0 Å². The van der Waals surface area contributed by atoms with Gasteiger partial charge in [-0.15, -0.1) is 0 Å². The lowest BCUT2D eigenvalue weighted by Gasteiger charge is -2.48. The molecule has 4 nitrogen and oxygen atoms in total. The third-order valence-corrected chi connectivity index (χ3v) is 22.0. The summed E-state index contributed by atoms with van der Waals surface area (Å²) < 4.78 is 216. The Morgan fingerprint density at radius 2 is 0.604 bits per heavy atom. The zero-order valence-corrected chi connectivity index (χ0v) is 64.0. The summed E-state index contributed by atoms with van der Waals surface area (Å²) in [5.74, 6) is 0. The van der Waals surface area contributed by atoms with Gasteiger partial charge in [-0.05, 0) is 202 Å². The first-order chi connectivity index (χ1) is 62.4. The quantitative estimate of drug-likeness (QED) is 0.127. The van der Waals surface area contributed by atoms with E-state index in [2.05, 4.69) is 116 Å². The van der Waals surface area contributed by atoms with E-state index in [4.69, 9.17) is 0 Å². The fourth-order valence-corrected chi connectivity index (χ4v) is 16.4. The van der Waals surface area contributed by atoms with E-state index in [9.17, 15) is 28.8 Å². The molecule has 19 rings (SSSR count). The summed E-state index contributed by atoms with van der Waals surface area (Å²) >= 11 is 0. The number of rotatable bonds is 10. The maximum atomic E-state index is 12.2. The lowest BCUT2D eigenvalue weighted by Crippen LogP contribution is -2.63. The minimum absolute atomic E-state index is 0.0199. The van der Waals surface area contributed by atoms with Crippen LogP contribution in [0.5, 0.6) is 0 Å². The molecule has 111 heavy (non-hydrogen) atoms. The summed E-state index contributed by atoms with van der Waals surface area (Å²) in [4.78, 5) is 4.05. The van der Waals surface area contributed by atoms with Gasteiger partial charge in [0.05, 0.1) is 62.2 Å². The summed E-state index contributed by atoms with van der Waals surface area (Å²) in [6, 6.07) is 54.7. The summed E-state index contributed by atoms with van der Waals surface area (Å²) in [6.07, 6.45) is 0.